The van der Waals surface area contributed by atoms with Gasteiger partial charge in [0.1, 0.15) is 0 Å². The molecule has 0 bridgehead atoms. The number of nitrogens with zero attached hydrogens (tertiary/aromatic N) is 3. The van der Waals surface area contributed by atoms with Gasteiger partial charge in [0.15, 0.2) is 5.17 Å². The van der Waals surface area contributed by atoms with Gasteiger partial charge >= 0.3 is 0 Å². The van der Waals surface area contributed by atoms with Crippen LogP contribution in [0.15, 0.2) is 46.8 Å². The van der Waals surface area contributed by atoms with Gasteiger partial charge in [0, 0.05) is 29.3 Å². The molecule has 2 aromatic rings. The van der Waals surface area contributed by atoms with Crippen LogP contribution >= 0.6 is 23.1 Å². The van der Waals surface area contributed by atoms with Gasteiger partial charge in [0.05, 0.1) is 17.9 Å². The lowest BCUT2D eigenvalue weighted by Gasteiger charge is -2.17. The minimum atomic E-state index is -0.414. The molecule has 6 nitrogen and oxygen atoms in total. The number of nitro groups is 1. The van der Waals surface area contributed by atoms with Crippen LogP contribution < -0.4 is 0 Å². The lowest BCUT2D eigenvalue weighted by molar-refractivity contribution is -0.384. The first kappa shape index (κ1) is 16.7. The van der Waals surface area contributed by atoms with Gasteiger partial charge in [-0.3, -0.25) is 24.8 Å². The van der Waals surface area contributed by atoms with Crippen LogP contribution in [0.5, 0.6) is 0 Å². The molecular formula is C16H15N3O3S2. The lowest BCUT2D eigenvalue weighted by atomic mass is 10.2. The Balaban J connectivity index is 1.57. The van der Waals surface area contributed by atoms with Crippen molar-refractivity contribution in [1.29, 1.82) is 0 Å². The summed E-state index contributed by atoms with van der Waals surface area (Å²) in [5.74, 6) is 0.685. The molecule has 0 aliphatic carbocycles. The van der Waals surface area contributed by atoms with Crippen molar-refractivity contribution in [2.75, 3.05) is 13.1 Å². The molecule has 0 fully saturated rings. The maximum absolute atomic E-state index is 12.4. The van der Waals surface area contributed by atoms with Crippen molar-refractivity contribution in [1.82, 2.24) is 4.90 Å². The predicted octanol–water partition coefficient (Wildman–Crippen LogP) is 3.33. The minimum Gasteiger partial charge on any atom is -0.289 e. The Morgan fingerprint density at radius 2 is 2.12 bits per heavy atom. The van der Waals surface area contributed by atoms with Crippen LogP contribution in [0.25, 0.3) is 0 Å². The van der Waals surface area contributed by atoms with E-state index in [1.54, 1.807) is 28.4 Å². The first-order valence-corrected chi connectivity index (χ1v) is 9.23. The fourth-order valence-electron chi connectivity index (χ4n) is 2.30. The first-order valence-electron chi connectivity index (χ1n) is 7.37. The van der Waals surface area contributed by atoms with E-state index in [1.165, 1.54) is 23.9 Å². The number of nitro benzene ring substituents is 1. The van der Waals surface area contributed by atoms with Gasteiger partial charge < -0.3 is 0 Å². The summed E-state index contributed by atoms with van der Waals surface area (Å²) in [6, 6.07) is 10.4. The summed E-state index contributed by atoms with van der Waals surface area (Å²) in [4.78, 5) is 29.9. The number of benzene rings is 1. The van der Waals surface area contributed by atoms with Crippen LogP contribution in [0.2, 0.25) is 0 Å². The minimum absolute atomic E-state index is 0.0601. The molecule has 1 aliphatic heterocycles. The number of amidine groups is 1. The summed E-state index contributed by atoms with van der Waals surface area (Å²) in [5, 5.41) is 13.4. The standard InChI is InChI=1S/C16H15N3O3S2/c20-15(10-14-2-1-9-23-14)18-8-7-17-16(18)24-11-12-3-5-13(6-4-12)19(21)22/h1-6,9H,7-8,10-11H2. The number of carbonyl (C=O) groups excluding carboxylic acids is 1. The normalized spacial score (nSPS) is 13.8. The average molecular weight is 361 g/mol. The molecule has 3 rings (SSSR count). The van der Waals surface area contributed by atoms with Gasteiger partial charge in [-0.25, -0.2) is 0 Å². The van der Waals surface area contributed by atoms with E-state index in [0.29, 0.717) is 25.3 Å². The highest BCUT2D eigenvalue weighted by Gasteiger charge is 2.24. The molecule has 124 valence electrons. The third-order valence-corrected chi connectivity index (χ3v) is 5.49. The lowest BCUT2D eigenvalue weighted by Crippen LogP contribution is -2.33. The van der Waals surface area contributed by atoms with Gasteiger partial charge in [-0.1, -0.05) is 30.0 Å². The SMILES string of the molecule is O=C(Cc1cccs1)N1CCN=C1SCc1ccc([N+](=O)[O-])cc1. The molecule has 0 N–H and O–H groups in total. The van der Waals surface area contributed by atoms with Crippen LogP contribution in [0, 0.1) is 10.1 Å². The highest BCUT2D eigenvalue weighted by Crippen LogP contribution is 2.22. The molecule has 0 spiro atoms. The number of thioether (sulfide) groups is 1. The molecule has 0 saturated carbocycles. The largest absolute Gasteiger partial charge is 0.289 e. The molecule has 1 aromatic carbocycles. The molecule has 8 heteroatoms. The number of thiophene rings is 1. The van der Waals surface area contributed by atoms with E-state index in [9.17, 15) is 14.9 Å². The summed E-state index contributed by atoms with van der Waals surface area (Å²) in [7, 11) is 0. The van der Waals surface area contributed by atoms with E-state index in [1.807, 2.05) is 17.5 Å². The Bertz CT molecular complexity index is 757. The second-order valence-corrected chi connectivity index (χ2v) is 7.15. The fourth-order valence-corrected chi connectivity index (χ4v) is 4.02. The maximum Gasteiger partial charge on any atom is 0.269 e. The smallest absolute Gasteiger partial charge is 0.269 e. The van der Waals surface area contributed by atoms with Crippen molar-refractivity contribution in [3.63, 3.8) is 0 Å². The fraction of sp³-hybridized carbons (Fsp3) is 0.250. The molecule has 0 radical (unpaired) electrons. The van der Waals surface area contributed by atoms with Crippen molar-refractivity contribution in [3.8, 4) is 0 Å². The maximum atomic E-state index is 12.4. The summed E-state index contributed by atoms with van der Waals surface area (Å²) >= 11 is 3.07. The second kappa shape index (κ2) is 7.59. The zero-order valence-corrected chi connectivity index (χ0v) is 14.4. The highest BCUT2D eigenvalue weighted by molar-refractivity contribution is 8.13. The zero-order chi connectivity index (χ0) is 16.9. The molecule has 2 heterocycles. The summed E-state index contributed by atoms with van der Waals surface area (Å²) in [6.07, 6.45) is 0.398. The van der Waals surface area contributed by atoms with Gasteiger partial charge in [-0.15, -0.1) is 11.3 Å². The number of hydrogen-bond donors (Lipinski definition) is 0. The van der Waals surface area contributed by atoms with Crippen molar-refractivity contribution in [2.45, 2.75) is 12.2 Å². The number of rotatable bonds is 5. The van der Waals surface area contributed by atoms with Crippen molar-refractivity contribution >= 4 is 39.9 Å². The molecule has 1 aliphatic rings. The van der Waals surface area contributed by atoms with E-state index in [4.69, 9.17) is 0 Å². The number of hydrogen-bond acceptors (Lipinski definition) is 6. The second-order valence-electron chi connectivity index (χ2n) is 5.18. The van der Waals surface area contributed by atoms with E-state index in [2.05, 4.69) is 4.99 Å². The highest BCUT2D eigenvalue weighted by atomic mass is 32.2. The Morgan fingerprint density at radius 3 is 2.79 bits per heavy atom. The van der Waals surface area contributed by atoms with Gasteiger partial charge in [-0.2, -0.15) is 0 Å². The molecule has 1 amide bonds. The van der Waals surface area contributed by atoms with Crippen LogP contribution in [0.3, 0.4) is 0 Å². The number of aliphatic imine (C=N–C) groups is 1. The van der Waals surface area contributed by atoms with Crippen LogP contribution in [-0.4, -0.2) is 34.0 Å². The first-order chi connectivity index (χ1) is 11.6. The third kappa shape index (κ3) is 4.01. The van der Waals surface area contributed by atoms with E-state index >= 15 is 0 Å². The van der Waals surface area contributed by atoms with E-state index in [-0.39, 0.29) is 11.6 Å². The monoisotopic (exact) mass is 361 g/mol. The van der Waals surface area contributed by atoms with Crippen LogP contribution in [0.4, 0.5) is 5.69 Å². The molecule has 0 saturated heterocycles. The average Bonchev–Trinajstić information content (AvgIpc) is 3.24. The summed E-state index contributed by atoms with van der Waals surface area (Å²) in [6.45, 7) is 1.24. The van der Waals surface area contributed by atoms with Crippen LogP contribution in [0.1, 0.15) is 10.4 Å². The van der Waals surface area contributed by atoms with E-state index < -0.39 is 4.92 Å². The summed E-state index contributed by atoms with van der Waals surface area (Å²) in [5.41, 5.74) is 1.04. The topological polar surface area (TPSA) is 75.8 Å². The number of amides is 1. The predicted molar refractivity (Wildman–Crippen MR) is 96.4 cm³/mol. The molecule has 0 unspecified atom stereocenters. The summed E-state index contributed by atoms with van der Waals surface area (Å²) < 4.78 is 0. The Kier molecular flexibility index (Phi) is 5.27. The van der Waals surface area contributed by atoms with Crippen molar-refractivity contribution in [2.24, 2.45) is 4.99 Å². The van der Waals surface area contributed by atoms with Crippen molar-refractivity contribution < 1.29 is 9.72 Å². The number of carbonyl (C=O) groups is 1. The molecular weight excluding hydrogens is 346 g/mol. The van der Waals surface area contributed by atoms with E-state index in [0.717, 1.165) is 15.6 Å². The van der Waals surface area contributed by atoms with Gasteiger partial charge in [-0.05, 0) is 17.0 Å². The Labute approximate surface area is 147 Å². The Hall–Kier alpha value is -2.19. The third-order valence-electron chi connectivity index (χ3n) is 3.52. The van der Waals surface area contributed by atoms with Gasteiger partial charge in [0.2, 0.25) is 5.91 Å². The van der Waals surface area contributed by atoms with Crippen LogP contribution in [-0.2, 0) is 17.0 Å². The molecule has 24 heavy (non-hydrogen) atoms. The molecule has 1 aromatic heterocycles. The Morgan fingerprint density at radius 1 is 1.33 bits per heavy atom. The zero-order valence-electron chi connectivity index (χ0n) is 12.8. The quantitative estimate of drug-likeness (QED) is 0.605. The van der Waals surface area contributed by atoms with Gasteiger partial charge in [0.25, 0.3) is 5.69 Å². The van der Waals surface area contributed by atoms with Crippen molar-refractivity contribution in [3.05, 3.63) is 62.3 Å². The number of non-ortho nitro benzene ring substituents is 1. The molecule has 0 atom stereocenters.